The van der Waals surface area contributed by atoms with Gasteiger partial charge in [-0.15, -0.1) is 0 Å². The number of fused-ring (bicyclic) bond motifs is 3. The number of imidazole rings is 1. The van der Waals surface area contributed by atoms with Crippen molar-refractivity contribution in [1.82, 2.24) is 19.7 Å². The van der Waals surface area contributed by atoms with Crippen LogP contribution in [-0.2, 0) is 0 Å². The number of methoxy groups -OCH3 is 1. The Morgan fingerprint density at radius 1 is 1.29 bits per heavy atom. The fourth-order valence-corrected chi connectivity index (χ4v) is 4.50. The predicted molar refractivity (Wildman–Crippen MR) is 136 cm³/mol. The van der Waals surface area contributed by atoms with E-state index in [0.717, 1.165) is 39.0 Å². The van der Waals surface area contributed by atoms with Gasteiger partial charge in [0.15, 0.2) is 0 Å². The molecule has 1 N–H and O–H groups in total. The standard InChI is InChI=1S/C26H29N5O3/c1-8-9-10-27-24(14(2)3)16(5)31-25-18-12-22(33-7)19(23-15(4)30-34-17(23)6)11-20(18)28-13-21(25)29-26(31)32/h8-14,16H,1H2,2-7H3,(H,29,32)/b10-9-,27-24?. The van der Waals surface area contributed by atoms with Crippen LogP contribution in [0, 0.1) is 19.8 Å². The summed E-state index contributed by atoms with van der Waals surface area (Å²) >= 11 is 0. The first kappa shape index (κ1) is 23.2. The molecule has 0 bridgehead atoms. The summed E-state index contributed by atoms with van der Waals surface area (Å²) < 4.78 is 12.9. The first-order valence-electron chi connectivity index (χ1n) is 11.2. The molecule has 1 unspecified atom stereocenters. The minimum Gasteiger partial charge on any atom is -0.496 e. The van der Waals surface area contributed by atoms with E-state index in [2.05, 4.69) is 40.5 Å². The van der Waals surface area contributed by atoms with Gasteiger partial charge in [-0.05, 0) is 44.9 Å². The molecule has 0 saturated carbocycles. The second-order valence-electron chi connectivity index (χ2n) is 8.55. The number of nitrogens with zero attached hydrogens (tertiary/aromatic N) is 4. The van der Waals surface area contributed by atoms with Gasteiger partial charge < -0.3 is 14.2 Å². The van der Waals surface area contributed by atoms with Gasteiger partial charge in [0, 0.05) is 22.9 Å². The average molecular weight is 460 g/mol. The van der Waals surface area contributed by atoms with Crippen LogP contribution < -0.4 is 10.4 Å². The maximum Gasteiger partial charge on any atom is 0.327 e. The third-order valence-electron chi connectivity index (χ3n) is 6.02. The van der Waals surface area contributed by atoms with E-state index in [1.807, 2.05) is 32.9 Å². The van der Waals surface area contributed by atoms with Crippen LogP contribution in [0.4, 0.5) is 0 Å². The van der Waals surface area contributed by atoms with E-state index in [1.165, 1.54) is 0 Å². The molecule has 0 aliphatic carbocycles. The molecule has 34 heavy (non-hydrogen) atoms. The molecule has 0 fully saturated rings. The van der Waals surface area contributed by atoms with Crippen molar-refractivity contribution in [1.29, 1.82) is 0 Å². The number of rotatable bonds is 7. The van der Waals surface area contributed by atoms with Crippen LogP contribution in [0.5, 0.6) is 5.75 Å². The number of aryl methyl sites for hydroxylation is 2. The minimum atomic E-state index is -0.283. The number of H-pyrrole nitrogens is 1. The lowest BCUT2D eigenvalue weighted by Gasteiger charge is -2.20. The highest BCUT2D eigenvalue weighted by Gasteiger charge is 2.24. The number of aromatic amines is 1. The zero-order valence-electron chi connectivity index (χ0n) is 20.3. The number of hydrogen-bond acceptors (Lipinski definition) is 6. The lowest BCUT2D eigenvalue weighted by molar-refractivity contribution is 0.393. The number of ether oxygens (including phenoxy) is 1. The first-order valence-corrected chi connectivity index (χ1v) is 11.2. The molecule has 0 aliphatic heterocycles. The van der Waals surface area contributed by atoms with Gasteiger partial charge in [-0.3, -0.25) is 14.5 Å². The van der Waals surface area contributed by atoms with Gasteiger partial charge in [0.05, 0.1) is 47.2 Å². The van der Waals surface area contributed by atoms with E-state index in [-0.39, 0.29) is 17.6 Å². The molecule has 8 nitrogen and oxygen atoms in total. The van der Waals surface area contributed by atoms with Gasteiger partial charge in [-0.2, -0.15) is 0 Å². The fraction of sp³-hybridized carbons (Fsp3) is 0.308. The Bertz CT molecular complexity index is 1480. The zero-order chi connectivity index (χ0) is 24.6. The van der Waals surface area contributed by atoms with Crippen LogP contribution in [0.1, 0.15) is 38.3 Å². The van der Waals surface area contributed by atoms with Crippen LogP contribution in [0.2, 0.25) is 0 Å². The van der Waals surface area contributed by atoms with Crippen LogP contribution >= 0.6 is 0 Å². The molecule has 176 valence electrons. The van der Waals surface area contributed by atoms with Crippen molar-refractivity contribution >= 4 is 27.6 Å². The van der Waals surface area contributed by atoms with Gasteiger partial charge >= 0.3 is 5.69 Å². The normalized spacial score (nSPS) is 13.4. The summed E-state index contributed by atoms with van der Waals surface area (Å²) in [6, 6.07) is 3.60. The third kappa shape index (κ3) is 3.85. The highest BCUT2D eigenvalue weighted by Crippen LogP contribution is 2.39. The second-order valence-corrected chi connectivity index (χ2v) is 8.55. The highest BCUT2D eigenvalue weighted by atomic mass is 16.5. The molecular weight excluding hydrogens is 430 g/mol. The van der Waals surface area contributed by atoms with Crippen LogP contribution in [0.15, 0.2) is 57.6 Å². The molecule has 0 saturated heterocycles. The number of pyridine rings is 1. The van der Waals surface area contributed by atoms with E-state index in [4.69, 9.17) is 9.26 Å². The molecule has 4 rings (SSSR count). The largest absolute Gasteiger partial charge is 0.496 e. The molecular formula is C26H29N5O3. The van der Waals surface area contributed by atoms with Crippen LogP contribution in [0.25, 0.3) is 33.1 Å². The van der Waals surface area contributed by atoms with Gasteiger partial charge in [-0.1, -0.05) is 31.7 Å². The summed E-state index contributed by atoms with van der Waals surface area (Å²) in [5.41, 5.74) is 5.30. The molecule has 8 heteroatoms. The fourth-order valence-electron chi connectivity index (χ4n) is 4.50. The summed E-state index contributed by atoms with van der Waals surface area (Å²) in [6.45, 7) is 13.6. The third-order valence-corrected chi connectivity index (χ3v) is 6.02. The van der Waals surface area contributed by atoms with Crippen molar-refractivity contribution in [2.75, 3.05) is 7.11 Å². The Morgan fingerprint density at radius 2 is 2.06 bits per heavy atom. The molecule has 3 heterocycles. The van der Waals surface area contributed by atoms with Gasteiger partial charge in [-0.25, -0.2) is 4.79 Å². The van der Waals surface area contributed by atoms with Crippen molar-refractivity contribution in [3.63, 3.8) is 0 Å². The molecule has 1 atom stereocenters. The van der Waals surface area contributed by atoms with E-state index in [9.17, 15) is 4.79 Å². The SMILES string of the molecule is C=C/C=C\N=C(C(C)C)C(C)n1c(=O)[nH]c2cnc3cc(-c4c(C)noc4C)c(OC)cc3c21. The maximum absolute atomic E-state index is 13.1. The number of aromatic nitrogens is 4. The van der Waals surface area contributed by atoms with Crippen molar-refractivity contribution in [2.24, 2.45) is 10.9 Å². The lowest BCUT2D eigenvalue weighted by atomic mass is 9.99. The molecule has 0 radical (unpaired) electrons. The van der Waals surface area contributed by atoms with Crippen molar-refractivity contribution in [3.8, 4) is 16.9 Å². The quantitative estimate of drug-likeness (QED) is 0.290. The highest BCUT2D eigenvalue weighted by molar-refractivity contribution is 6.05. The number of allylic oxidation sites excluding steroid dienone is 2. The predicted octanol–water partition coefficient (Wildman–Crippen LogP) is 5.52. The first-order chi connectivity index (χ1) is 16.3. The smallest absolute Gasteiger partial charge is 0.327 e. The topological polar surface area (TPSA) is 98.3 Å². The summed E-state index contributed by atoms with van der Waals surface area (Å²) in [7, 11) is 1.62. The number of hydrogen-bond donors (Lipinski definition) is 1. The molecule has 3 aromatic heterocycles. The van der Waals surface area contributed by atoms with Crippen LogP contribution in [-0.4, -0.2) is 32.5 Å². The maximum atomic E-state index is 13.1. The molecule has 0 amide bonds. The zero-order valence-corrected chi connectivity index (χ0v) is 20.3. The van der Waals surface area contributed by atoms with Crippen molar-refractivity contribution < 1.29 is 9.26 Å². The van der Waals surface area contributed by atoms with Gasteiger partial charge in [0.25, 0.3) is 0 Å². The van der Waals surface area contributed by atoms with E-state index in [1.54, 1.807) is 36.2 Å². The van der Waals surface area contributed by atoms with E-state index >= 15 is 0 Å². The summed E-state index contributed by atoms with van der Waals surface area (Å²) in [6.07, 6.45) is 6.84. The number of nitrogens with one attached hydrogen (secondary N) is 1. The summed E-state index contributed by atoms with van der Waals surface area (Å²) in [4.78, 5) is 25.3. The minimum absolute atomic E-state index is 0.134. The lowest BCUT2D eigenvalue weighted by Crippen LogP contribution is -2.28. The van der Waals surface area contributed by atoms with E-state index < -0.39 is 0 Å². The van der Waals surface area contributed by atoms with Gasteiger partial charge in [0.1, 0.15) is 11.5 Å². The Morgan fingerprint density at radius 3 is 2.68 bits per heavy atom. The van der Waals surface area contributed by atoms with Crippen LogP contribution in [0.3, 0.4) is 0 Å². The second kappa shape index (κ2) is 9.13. The van der Waals surface area contributed by atoms with Crippen molar-refractivity contribution in [2.45, 2.75) is 40.7 Å². The Balaban J connectivity index is 2.01. The Labute approximate surface area is 197 Å². The molecule has 4 aromatic rings. The molecule has 1 aromatic carbocycles. The average Bonchev–Trinajstić information content (AvgIpc) is 3.32. The Hall–Kier alpha value is -3.94. The van der Waals surface area contributed by atoms with Crippen molar-refractivity contribution in [3.05, 3.63) is 65.2 Å². The van der Waals surface area contributed by atoms with Gasteiger partial charge in [0.2, 0.25) is 0 Å². The summed E-state index contributed by atoms with van der Waals surface area (Å²) in [5.74, 6) is 1.49. The number of aliphatic imine (C=N–C) groups is 1. The molecule has 0 aliphatic rings. The number of benzene rings is 1. The van der Waals surface area contributed by atoms with E-state index in [0.29, 0.717) is 17.0 Å². The Kier molecular flexibility index (Phi) is 6.24. The monoisotopic (exact) mass is 459 g/mol. The molecule has 0 spiro atoms. The summed E-state index contributed by atoms with van der Waals surface area (Å²) in [5, 5.41) is 4.88.